The minimum atomic E-state index is -0.879. The van der Waals surface area contributed by atoms with E-state index in [2.05, 4.69) is 5.32 Å². The van der Waals surface area contributed by atoms with Crippen molar-refractivity contribution in [1.82, 2.24) is 0 Å². The lowest BCUT2D eigenvalue weighted by molar-refractivity contribution is -0.152. The molecule has 0 saturated carbocycles. The van der Waals surface area contributed by atoms with E-state index >= 15 is 0 Å². The molecule has 0 fully saturated rings. The normalized spacial score (nSPS) is 16.8. The first kappa shape index (κ1) is 17.8. The van der Waals surface area contributed by atoms with E-state index < -0.39 is 6.10 Å². The highest BCUT2D eigenvalue weighted by molar-refractivity contribution is 8.01. The molecule has 25 heavy (non-hydrogen) atoms. The number of benzene rings is 2. The second-order valence-electron chi connectivity index (χ2n) is 5.95. The summed E-state index contributed by atoms with van der Waals surface area (Å²) in [6, 6.07) is 13.2. The maximum absolute atomic E-state index is 12.4. The molecule has 0 spiro atoms. The lowest BCUT2D eigenvalue weighted by Crippen LogP contribution is -2.33. The van der Waals surface area contributed by atoms with Crippen molar-refractivity contribution in [2.24, 2.45) is 0 Å². The summed E-state index contributed by atoms with van der Waals surface area (Å²) in [6.07, 6.45) is -0.253. The molecule has 1 N–H and O–H groups in total. The number of amides is 1. The molecule has 3 rings (SSSR count). The van der Waals surface area contributed by atoms with Gasteiger partial charge in [0.1, 0.15) is 5.25 Å². The number of anilines is 1. The van der Waals surface area contributed by atoms with E-state index in [0.29, 0.717) is 17.1 Å². The summed E-state index contributed by atoms with van der Waals surface area (Å²) >= 11 is 7.44. The molecule has 0 bridgehead atoms. The summed E-state index contributed by atoms with van der Waals surface area (Å²) in [4.78, 5) is 25.8. The second kappa shape index (κ2) is 7.50. The van der Waals surface area contributed by atoms with Crippen molar-refractivity contribution in [3.05, 3.63) is 58.6 Å². The van der Waals surface area contributed by atoms with Crippen molar-refractivity contribution in [1.29, 1.82) is 0 Å². The molecule has 1 aliphatic heterocycles. The van der Waals surface area contributed by atoms with Crippen LogP contribution >= 0.6 is 23.4 Å². The summed E-state index contributed by atoms with van der Waals surface area (Å²) in [5.41, 5.74) is 2.64. The number of aryl methyl sites for hydroxylation is 1. The molecule has 4 nitrogen and oxygen atoms in total. The van der Waals surface area contributed by atoms with Crippen LogP contribution in [0.25, 0.3) is 0 Å². The van der Waals surface area contributed by atoms with Gasteiger partial charge in [-0.05, 0) is 49.6 Å². The molecule has 2 aromatic carbocycles. The summed E-state index contributed by atoms with van der Waals surface area (Å²) < 4.78 is 5.36. The van der Waals surface area contributed by atoms with Crippen LogP contribution in [0, 0.1) is 6.92 Å². The zero-order valence-corrected chi connectivity index (χ0v) is 15.5. The van der Waals surface area contributed by atoms with Gasteiger partial charge in [-0.15, -0.1) is 11.8 Å². The van der Waals surface area contributed by atoms with Gasteiger partial charge in [-0.2, -0.15) is 0 Å². The number of halogens is 1. The first-order chi connectivity index (χ1) is 11.9. The molecule has 1 heterocycles. The smallest absolute Gasteiger partial charge is 0.320 e. The zero-order chi connectivity index (χ0) is 18.0. The van der Waals surface area contributed by atoms with Gasteiger partial charge >= 0.3 is 5.97 Å². The van der Waals surface area contributed by atoms with E-state index in [4.69, 9.17) is 16.3 Å². The van der Waals surface area contributed by atoms with Crippen LogP contribution in [-0.2, 0) is 20.7 Å². The third kappa shape index (κ3) is 4.17. The molecule has 0 saturated heterocycles. The van der Waals surface area contributed by atoms with Crippen molar-refractivity contribution in [3.63, 3.8) is 0 Å². The van der Waals surface area contributed by atoms with Gasteiger partial charge in [0.25, 0.3) is 5.91 Å². The predicted octanol–water partition coefficient (Wildman–Crippen LogP) is 4.24. The molecular weight excluding hydrogens is 358 g/mol. The van der Waals surface area contributed by atoms with E-state index in [1.54, 1.807) is 19.1 Å². The number of esters is 1. The fraction of sp³-hybridized carbons (Fsp3) is 0.263. The zero-order valence-electron chi connectivity index (χ0n) is 13.9. The standard InChI is InChI=1S/C19H18ClNO3S/c1-11-7-8-14(20)10-15(11)21-18(22)12(2)24-19(23)17-9-13-5-3-4-6-16(13)25-17/h3-8,10,12,17H,9H2,1-2H3,(H,21,22). The average Bonchev–Trinajstić information content (AvgIpc) is 3.02. The number of fused-ring (bicyclic) bond motifs is 1. The van der Waals surface area contributed by atoms with Gasteiger partial charge in [-0.25, -0.2) is 0 Å². The Labute approximate surface area is 155 Å². The van der Waals surface area contributed by atoms with Crippen molar-refractivity contribution in [2.75, 3.05) is 5.32 Å². The quantitative estimate of drug-likeness (QED) is 0.812. The van der Waals surface area contributed by atoms with Crippen molar-refractivity contribution in [2.45, 2.75) is 36.5 Å². The number of ether oxygens (including phenoxy) is 1. The molecule has 1 aliphatic rings. The molecule has 2 unspecified atom stereocenters. The topological polar surface area (TPSA) is 55.4 Å². The molecule has 2 atom stereocenters. The van der Waals surface area contributed by atoms with E-state index in [1.165, 1.54) is 11.8 Å². The Morgan fingerprint density at radius 3 is 2.80 bits per heavy atom. The fourth-order valence-electron chi connectivity index (χ4n) is 2.58. The van der Waals surface area contributed by atoms with Crippen LogP contribution in [-0.4, -0.2) is 23.2 Å². The molecule has 0 aromatic heterocycles. The van der Waals surface area contributed by atoms with Crippen LogP contribution < -0.4 is 5.32 Å². The molecule has 130 valence electrons. The van der Waals surface area contributed by atoms with Crippen LogP contribution in [0.4, 0.5) is 5.69 Å². The van der Waals surface area contributed by atoms with Gasteiger partial charge in [-0.3, -0.25) is 9.59 Å². The van der Waals surface area contributed by atoms with Gasteiger partial charge in [-0.1, -0.05) is 35.9 Å². The Morgan fingerprint density at radius 2 is 2.04 bits per heavy atom. The van der Waals surface area contributed by atoms with Gasteiger partial charge in [0.15, 0.2) is 6.10 Å². The SMILES string of the molecule is Cc1ccc(Cl)cc1NC(=O)C(C)OC(=O)C1Cc2ccccc2S1. The predicted molar refractivity (Wildman–Crippen MR) is 100 cm³/mol. The minimum Gasteiger partial charge on any atom is -0.452 e. The summed E-state index contributed by atoms with van der Waals surface area (Å²) in [7, 11) is 0. The Balaban J connectivity index is 1.58. The number of carbonyl (C=O) groups excluding carboxylic acids is 2. The highest BCUT2D eigenvalue weighted by atomic mass is 35.5. The fourth-order valence-corrected chi connectivity index (χ4v) is 3.93. The van der Waals surface area contributed by atoms with Crippen LogP contribution in [0.1, 0.15) is 18.1 Å². The lowest BCUT2D eigenvalue weighted by Gasteiger charge is -2.16. The van der Waals surface area contributed by atoms with Crippen LogP contribution in [0.15, 0.2) is 47.4 Å². The lowest BCUT2D eigenvalue weighted by atomic mass is 10.1. The monoisotopic (exact) mass is 375 g/mol. The molecule has 2 aromatic rings. The Morgan fingerprint density at radius 1 is 1.28 bits per heavy atom. The van der Waals surface area contributed by atoms with Gasteiger partial charge in [0.05, 0.1) is 0 Å². The van der Waals surface area contributed by atoms with E-state index in [-0.39, 0.29) is 17.1 Å². The number of nitrogens with one attached hydrogen (secondary N) is 1. The minimum absolute atomic E-state index is 0.305. The molecule has 6 heteroatoms. The summed E-state index contributed by atoms with van der Waals surface area (Å²) in [5.74, 6) is -0.745. The van der Waals surface area contributed by atoms with Crippen LogP contribution in [0.3, 0.4) is 0 Å². The maximum atomic E-state index is 12.4. The third-order valence-corrected chi connectivity index (χ3v) is 5.56. The highest BCUT2D eigenvalue weighted by Crippen LogP contribution is 2.37. The Bertz CT molecular complexity index is 799. The number of hydrogen-bond acceptors (Lipinski definition) is 4. The van der Waals surface area contributed by atoms with Crippen molar-refractivity contribution in [3.8, 4) is 0 Å². The number of carbonyl (C=O) groups is 2. The van der Waals surface area contributed by atoms with E-state index in [9.17, 15) is 9.59 Å². The molecule has 0 aliphatic carbocycles. The Kier molecular flexibility index (Phi) is 5.35. The summed E-state index contributed by atoms with van der Waals surface area (Å²) in [6.45, 7) is 3.44. The van der Waals surface area contributed by atoms with Crippen LogP contribution in [0.5, 0.6) is 0 Å². The van der Waals surface area contributed by atoms with Gasteiger partial charge < -0.3 is 10.1 Å². The largest absolute Gasteiger partial charge is 0.452 e. The van der Waals surface area contributed by atoms with Gasteiger partial charge in [0, 0.05) is 15.6 Å². The number of thioether (sulfide) groups is 1. The van der Waals surface area contributed by atoms with Crippen LogP contribution in [0.2, 0.25) is 5.02 Å². The molecule has 1 amide bonds. The first-order valence-corrected chi connectivity index (χ1v) is 9.22. The molecule has 0 radical (unpaired) electrons. The maximum Gasteiger partial charge on any atom is 0.320 e. The van der Waals surface area contributed by atoms with Gasteiger partial charge in [0.2, 0.25) is 0 Å². The number of rotatable bonds is 4. The second-order valence-corrected chi connectivity index (χ2v) is 7.63. The summed E-state index contributed by atoms with van der Waals surface area (Å²) in [5, 5.41) is 2.98. The van der Waals surface area contributed by atoms with E-state index in [1.807, 2.05) is 37.3 Å². The Hall–Kier alpha value is -1.98. The van der Waals surface area contributed by atoms with Crippen molar-refractivity contribution >= 4 is 40.9 Å². The van der Waals surface area contributed by atoms with Crippen molar-refractivity contribution < 1.29 is 14.3 Å². The molecular formula is C19H18ClNO3S. The average molecular weight is 376 g/mol. The number of hydrogen-bond donors (Lipinski definition) is 1. The van der Waals surface area contributed by atoms with E-state index in [0.717, 1.165) is 16.0 Å². The first-order valence-electron chi connectivity index (χ1n) is 7.96. The highest BCUT2D eigenvalue weighted by Gasteiger charge is 2.31. The third-order valence-electron chi connectivity index (χ3n) is 4.03.